The number of carboxylic acids is 1. The number of ether oxygens (including phenoxy) is 4. The summed E-state index contributed by atoms with van der Waals surface area (Å²) in [7, 11) is 0. The molecule has 328 valence electrons. The van der Waals surface area contributed by atoms with E-state index >= 15 is 0 Å². The zero-order valence-electron chi connectivity index (χ0n) is 37.1. The average Bonchev–Trinajstić information content (AvgIpc) is 3.10. The zero-order chi connectivity index (χ0) is 47.2. The molecule has 0 amide bonds. The Kier molecular flexibility index (Phi) is 28.0. The van der Waals surface area contributed by atoms with E-state index in [2.05, 4.69) is 70.0 Å². The number of nitrogens with zero attached hydrogens (tertiary/aromatic N) is 6. The summed E-state index contributed by atoms with van der Waals surface area (Å²) in [5, 5.41) is 16.8. The SMILES string of the molecule is C#C[C@H](C)O.C#C[C@H](C)Oc1cnc(C(=O)O)c(C)n1.C#C[C@H](C)Oc1cnc(C(=O)OC(C)(C)C)c(C)n1.Cc1nc(Br)cnc1C(=O)OC(C)(C)C.O=CC(F)(F)F.[H-].[Na+]. The molecule has 0 fully saturated rings. The number of carboxylic acid groups (broad SMARTS) is 1. The molecule has 0 radical (unpaired) electrons. The first-order chi connectivity index (χ1) is 27.4. The van der Waals surface area contributed by atoms with Crippen molar-refractivity contribution < 1.29 is 92.5 Å². The van der Waals surface area contributed by atoms with Gasteiger partial charge in [0.1, 0.15) is 21.9 Å². The number of hydrogen-bond donors (Lipinski definition) is 2. The number of carbonyl (C=O) groups is 4. The van der Waals surface area contributed by atoms with Crippen LogP contribution in [0.25, 0.3) is 0 Å². The van der Waals surface area contributed by atoms with Crippen molar-refractivity contribution in [2.24, 2.45) is 0 Å². The van der Waals surface area contributed by atoms with Crippen LogP contribution in [0.2, 0.25) is 0 Å². The summed E-state index contributed by atoms with van der Waals surface area (Å²) >= 11 is 3.18. The number of aryl methyl sites for hydroxylation is 3. The minimum Gasteiger partial charge on any atom is -1.00 e. The predicted molar refractivity (Wildman–Crippen MR) is 217 cm³/mol. The predicted octanol–water partition coefficient (Wildman–Crippen LogP) is 3.39. The molecular weight excluding hydrogens is 884 g/mol. The molecule has 0 aliphatic rings. The van der Waals surface area contributed by atoms with Crippen LogP contribution in [-0.4, -0.2) is 100 Å². The third-order valence-corrected chi connectivity index (χ3v) is 5.98. The molecule has 3 atom stereocenters. The monoisotopic (exact) mass is 932 g/mol. The molecule has 61 heavy (non-hydrogen) atoms. The van der Waals surface area contributed by atoms with Gasteiger partial charge >= 0.3 is 53.6 Å². The van der Waals surface area contributed by atoms with Crippen molar-refractivity contribution in [1.29, 1.82) is 0 Å². The molecule has 16 nitrogen and oxygen atoms in total. The Morgan fingerprint density at radius 1 is 0.721 bits per heavy atom. The summed E-state index contributed by atoms with van der Waals surface area (Å²) in [4.78, 5) is 66.7. The average molecular weight is 934 g/mol. The molecule has 2 N–H and O–H groups in total. The van der Waals surface area contributed by atoms with Gasteiger partial charge in [-0.05, 0) is 99.0 Å². The number of aliphatic hydroxyl groups excluding tert-OH is 1. The van der Waals surface area contributed by atoms with Crippen LogP contribution >= 0.6 is 15.9 Å². The molecular formula is C40H49BrF3N6NaO10. The van der Waals surface area contributed by atoms with Crippen molar-refractivity contribution in [3.8, 4) is 48.8 Å². The summed E-state index contributed by atoms with van der Waals surface area (Å²) in [6.07, 6.45) is 12.0. The van der Waals surface area contributed by atoms with E-state index in [1.807, 2.05) is 20.8 Å². The van der Waals surface area contributed by atoms with Crippen molar-refractivity contribution in [2.75, 3.05) is 0 Å². The van der Waals surface area contributed by atoms with Gasteiger partial charge in [-0.2, -0.15) is 13.2 Å². The molecule has 3 rings (SSSR count). The van der Waals surface area contributed by atoms with Crippen LogP contribution in [0.1, 0.15) is 112 Å². The molecule has 3 aromatic heterocycles. The van der Waals surface area contributed by atoms with E-state index in [0.717, 1.165) is 0 Å². The van der Waals surface area contributed by atoms with Gasteiger partial charge in [-0.1, -0.05) is 17.8 Å². The van der Waals surface area contributed by atoms with Crippen LogP contribution in [0.4, 0.5) is 13.2 Å². The molecule has 3 aromatic rings. The first-order valence-electron chi connectivity index (χ1n) is 17.2. The minimum absolute atomic E-state index is 0. The first kappa shape index (κ1) is 60.1. The molecule has 0 aliphatic carbocycles. The van der Waals surface area contributed by atoms with Gasteiger partial charge < -0.3 is 30.6 Å². The third kappa shape index (κ3) is 28.9. The van der Waals surface area contributed by atoms with Crippen LogP contribution in [-0.2, 0) is 14.3 Å². The van der Waals surface area contributed by atoms with Crippen molar-refractivity contribution in [3.63, 3.8) is 0 Å². The molecule has 0 aliphatic heterocycles. The molecule has 21 heteroatoms. The van der Waals surface area contributed by atoms with E-state index < -0.39 is 59.9 Å². The first-order valence-corrected chi connectivity index (χ1v) is 18.0. The quantitative estimate of drug-likeness (QED) is 0.150. The maximum atomic E-state index is 11.9. The molecule has 0 bridgehead atoms. The number of rotatable bonds is 7. The van der Waals surface area contributed by atoms with Gasteiger partial charge in [0.25, 0.3) is 0 Å². The fourth-order valence-electron chi connectivity index (χ4n) is 3.18. The number of aromatic carboxylic acids is 1. The van der Waals surface area contributed by atoms with Crippen LogP contribution < -0.4 is 39.0 Å². The largest absolute Gasteiger partial charge is 1.00 e. The maximum absolute atomic E-state index is 11.9. The minimum atomic E-state index is -4.64. The molecule has 0 saturated heterocycles. The van der Waals surface area contributed by atoms with Crippen LogP contribution in [0, 0.1) is 57.8 Å². The molecule has 3 heterocycles. The summed E-state index contributed by atoms with van der Waals surface area (Å²) < 4.78 is 52.8. The number of alkyl halides is 3. The number of esters is 2. The van der Waals surface area contributed by atoms with E-state index in [9.17, 15) is 27.6 Å². The van der Waals surface area contributed by atoms with Gasteiger partial charge in [0.2, 0.25) is 18.0 Å². The second kappa shape index (κ2) is 28.4. The van der Waals surface area contributed by atoms with E-state index in [1.165, 1.54) is 18.6 Å². The van der Waals surface area contributed by atoms with Crippen LogP contribution in [0.3, 0.4) is 0 Å². The second-order valence-corrected chi connectivity index (χ2v) is 14.4. The van der Waals surface area contributed by atoms with E-state index in [-0.39, 0.29) is 59.8 Å². The second-order valence-electron chi connectivity index (χ2n) is 13.6. The Labute approximate surface area is 385 Å². The maximum Gasteiger partial charge on any atom is 1.00 e. The van der Waals surface area contributed by atoms with Crippen molar-refractivity contribution in [1.82, 2.24) is 29.9 Å². The Morgan fingerprint density at radius 2 is 1.03 bits per heavy atom. The van der Waals surface area contributed by atoms with Crippen molar-refractivity contribution in [3.05, 3.63) is 57.4 Å². The Bertz CT molecular complexity index is 2050. The fraction of sp³-hybridized carbons (Fsp3) is 0.450. The van der Waals surface area contributed by atoms with Crippen molar-refractivity contribution in [2.45, 2.75) is 119 Å². The number of hydrogen-bond acceptors (Lipinski definition) is 15. The van der Waals surface area contributed by atoms with Gasteiger partial charge in [-0.15, -0.1) is 19.3 Å². The third-order valence-electron chi connectivity index (χ3n) is 5.59. The normalized spacial score (nSPS) is 11.6. The molecule has 0 saturated carbocycles. The van der Waals surface area contributed by atoms with Crippen molar-refractivity contribution >= 4 is 40.1 Å². The molecule has 0 aromatic carbocycles. The van der Waals surface area contributed by atoms with Gasteiger partial charge in [-0.3, -0.25) is 4.79 Å². The summed E-state index contributed by atoms with van der Waals surface area (Å²) in [5.74, 6) is 5.31. The zero-order valence-corrected chi connectivity index (χ0v) is 39.7. The van der Waals surface area contributed by atoms with Gasteiger partial charge in [0.15, 0.2) is 29.3 Å². The number of terminal acetylenes is 3. The Hall–Kier alpha value is -5.17. The fourth-order valence-corrected chi connectivity index (χ4v) is 3.55. The smallest absolute Gasteiger partial charge is 1.00 e. The van der Waals surface area contributed by atoms with Gasteiger partial charge in [-0.25, -0.2) is 44.3 Å². The number of aldehydes is 1. The summed E-state index contributed by atoms with van der Waals surface area (Å²) in [6, 6.07) is 0. The number of aromatic nitrogens is 6. The van der Waals surface area contributed by atoms with Gasteiger partial charge in [0.05, 0.1) is 35.7 Å². The molecule has 0 spiro atoms. The summed E-state index contributed by atoms with van der Waals surface area (Å²) in [5.41, 5.74) is 0.551. The van der Waals surface area contributed by atoms with E-state index in [0.29, 0.717) is 21.7 Å². The topological polar surface area (TPSA) is 223 Å². The number of halogens is 4. The van der Waals surface area contributed by atoms with Crippen LogP contribution in [0.5, 0.6) is 11.8 Å². The van der Waals surface area contributed by atoms with E-state index in [1.54, 1.807) is 62.3 Å². The Morgan fingerprint density at radius 3 is 1.28 bits per heavy atom. The van der Waals surface area contributed by atoms with E-state index in [4.69, 9.17) is 46.8 Å². The Balaban J connectivity index is -0.000000359. The standard InChI is InChI=1S/C14H18N2O3.C10H13BrN2O2.C10H10N2O3.C4H6O.C2HF3O.Na.H/c1-7-9(2)18-11-8-15-12(10(3)16-11)13(17)19-14(4,5)6;1-6-8(12-5-7(11)13-6)9(14)15-10(2,3)4;1-4-6(2)15-8-5-11-9(10(13)14)7(3)12-8;1-3-4(2)5;3-2(4,5)1-6;;/h1,8-9H,2-6H3;5H,1-4H3;1,5-6H,2-3H3,(H,13,14);1,4-5H,2H3;1H;;/q;;;;;+1;-1/t9-;;6-;4-;;;/m0.00.../s1. The molecule has 0 unspecified atom stereocenters. The van der Waals surface area contributed by atoms with Crippen LogP contribution in [0.15, 0.2) is 23.2 Å². The number of aliphatic hydroxyl groups is 1. The van der Waals surface area contributed by atoms with Gasteiger partial charge in [0, 0.05) is 0 Å². The number of carbonyl (C=O) groups excluding carboxylic acids is 3. The summed E-state index contributed by atoms with van der Waals surface area (Å²) in [6.45, 7) is 20.7.